The van der Waals surface area contributed by atoms with Crippen LogP contribution in [-0.2, 0) is 22.5 Å². The lowest BCUT2D eigenvalue weighted by Crippen LogP contribution is -2.44. The maximum Gasteiger partial charge on any atom is 0.254 e. The van der Waals surface area contributed by atoms with Crippen LogP contribution in [0.3, 0.4) is 0 Å². The van der Waals surface area contributed by atoms with Crippen molar-refractivity contribution in [3.63, 3.8) is 0 Å². The monoisotopic (exact) mass is 252 g/mol. The molecule has 1 aromatic heterocycles. The molecule has 0 aromatic carbocycles. The number of aryl methyl sites for hydroxylation is 1. The van der Waals surface area contributed by atoms with Crippen LogP contribution in [0.15, 0.2) is 10.6 Å². The van der Waals surface area contributed by atoms with Crippen molar-refractivity contribution >= 4 is 5.91 Å². The van der Waals surface area contributed by atoms with Gasteiger partial charge in [0, 0.05) is 19.7 Å². The van der Waals surface area contributed by atoms with Crippen LogP contribution in [-0.4, -0.2) is 35.2 Å². The van der Waals surface area contributed by atoms with Crippen LogP contribution >= 0.6 is 0 Å². The number of rotatable bonds is 4. The molecule has 1 aromatic rings. The third-order valence-corrected chi connectivity index (χ3v) is 3.38. The lowest BCUT2D eigenvalue weighted by molar-refractivity contribution is -0.150. The minimum Gasteiger partial charge on any atom is -0.365 e. The van der Waals surface area contributed by atoms with Crippen LogP contribution in [0.1, 0.15) is 38.1 Å². The van der Waals surface area contributed by atoms with E-state index in [1.54, 1.807) is 11.9 Å². The molecule has 5 nitrogen and oxygen atoms in total. The molecule has 1 amide bonds. The van der Waals surface area contributed by atoms with E-state index in [0.717, 1.165) is 25.0 Å². The minimum atomic E-state index is -0.664. The Bertz CT molecular complexity index is 422. The highest BCUT2D eigenvalue weighted by molar-refractivity contribution is 5.84. The maximum absolute atomic E-state index is 12.3. The van der Waals surface area contributed by atoms with E-state index < -0.39 is 5.60 Å². The zero-order valence-electron chi connectivity index (χ0n) is 11.2. The molecular weight excluding hydrogens is 232 g/mol. The second kappa shape index (κ2) is 5.10. The zero-order chi connectivity index (χ0) is 13.2. The molecule has 18 heavy (non-hydrogen) atoms. The molecular formula is C13H20N2O3. The highest BCUT2D eigenvalue weighted by Crippen LogP contribution is 2.27. The van der Waals surface area contributed by atoms with Crippen molar-refractivity contribution in [2.45, 2.75) is 45.3 Å². The Hall–Kier alpha value is -1.36. The van der Waals surface area contributed by atoms with Crippen molar-refractivity contribution in [3.05, 3.63) is 17.5 Å². The summed E-state index contributed by atoms with van der Waals surface area (Å²) in [5, 5.41) is 3.92. The molecule has 0 aliphatic carbocycles. The number of hydrogen-bond acceptors (Lipinski definition) is 4. The molecule has 1 saturated heterocycles. The molecule has 1 fully saturated rings. The Morgan fingerprint density at radius 2 is 2.39 bits per heavy atom. The van der Waals surface area contributed by atoms with E-state index >= 15 is 0 Å². The van der Waals surface area contributed by atoms with Crippen molar-refractivity contribution in [2.24, 2.45) is 0 Å². The Morgan fingerprint density at radius 3 is 2.94 bits per heavy atom. The van der Waals surface area contributed by atoms with Gasteiger partial charge in [-0.25, -0.2) is 0 Å². The quantitative estimate of drug-likeness (QED) is 0.819. The first-order chi connectivity index (χ1) is 8.55. The number of ether oxygens (including phenoxy) is 1. The van der Waals surface area contributed by atoms with Crippen molar-refractivity contribution in [1.82, 2.24) is 10.1 Å². The molecule has 1 aliphatic rings. The summed E-state index contributed by atoms with van der Waals surface area (Å²) in [5.41, 5.74) is 0.247. The lowest BCUT2D eigenvalue weighted by atomic mass is 10.0. The average molecular weight is 252 g/mol. The molecule has 0 bridgehead atoms. The second-order valence-electron chi connectivity index (χ2n) is 4.98. The van der Waals surface area contributed by atoms with Gasteiger partial charge in [0.05, 0.1) is 12.2 Å². The molecule has 1 unspecified atom stereocenters. The number of carbonyl (C=O) groups excluding carboxylic acids is 1. The molecule has 1 aliphatic heterocycles. The van der Waals surface area contributed by atoms with Crippen LogP contribution in [0.4, 0.5) is 0 Å². The fourth-order valence-electron chi connectivity index (χ4n) is 2.25. The molecule has 1 atom stereocenters. The summed E-state index contributed by atoms with van der Waals surface area (Å²) in [4.78, 5) is 13.9. The van der Waals surface area contributed by atoms with E-state index in [0.29, 0.717) is 18.9 Å². The number of carbonyl (C=O) groups is 1. The van der Waals surface area contributed by atoms with Crippen LogP contribution in [0.5, 0.6) is 0 Å². The van der Waals surface area contributed by atoms with Crippen molar-refractivity contribution in [2.75, 3.05) is 13.7 Å². The van der Waals surface area contributed by atoms with Crippen LogP contribution < -0.4 is 0 Å². The number of aromatic nitrogens is 1. The van der Waals surface area contributed by atoms with Gasteiger partial charge in [-0.15, -0.1) is 0 Å². The van der Waals surface area contributed by atoms with Crippen LogP contribution in [0.2, 0.25) is 0 Å². The molecule has 0 radical (unpaired) electrons. The largest absolute Gasteiger partial charge is 0.365 e. The molecule has 0 N–H and O–H groups in total. The van der Waals surface area contributed by atoms with Crippen molar-refractivity contribution in [1.29, 1.82) is 0 Å². The van der Waals surface area contributed by atoms with Gasteiger partial charge in [-0.2, -0.15) is 0 Å². The normalized spacial score (nSPS) is 23.3. The first-order valence-electron chi connectivity index (χ1n) is 6.39. The van der Waals surface area contributed by atoms with Crippen molar-refractivity contribution in [3.8, 4) is 0 Å². The Kier molecular flexibility index (Phi) is 3.71. The van der Waals surface area contributed by atoms with Gasteiger partial charge in [-0.05, 0) is 26.2 Å². The topological polar surface area (TPSA) is 55.6 Å². The van der Waals surface area contributed by atoms with Gasteiger partial charge in [0.2, 0.25) is 0 Å². The number of amides is 1. The predicted molar refractivity (Wildman–Crippen MR) is 65.9 cm³/mol. The van der Waals surface area contributed by atoms with Gasteiger partial charge in [0.15, 0.2) is 5.76 Å². The Labute approximate surface area is 107 Å². The average Bonchev–Trinajstić information content (AvgIpc) is 2.98. The summed E-state index contributed by atoms with van der Waals surface area (Å²) >= 11 is 0. The standard InChI is InChI=1S/C13H20N2O3/c1-4-10-8-11(18-14-10)9-15(3)12(16)13(2)6-5-7-17-13/h8H,4-7,9H2,1-3H3. The summed E-state index contributed by atoms with van der Waals surface area (Å²) in [5.74, 6) is 0.721. The predicted octanol–water partition coefficient (Wildman–Crippen LogP) is 1.76. The first-order valence-corrected chi connectivity index (χ1v) is 6.39. The second-order valence-corrected chi connectivity index (χ2v) is 4.98. The van der Waals surface area contributed by atoms with E-state index in [1.807, 2.05) is 19.9 Å². The number of hydrogen-bond donors (Lipinski definition) is 0. The summed E-state index contributed by atoms with van der Waals surface area (Å²) in [7, 11) is 1.77. The number of nitrogens with zero attached hydrogens (tertiary/aromatic N) is 2. The first kappa shape index (κ1) is 13.1. The van der Waals surface area contributed by atoms with E-state index in [4.69, 9.17) is 9.26 Å². The van der Waals surface area contributed by atoms with Gasteiger partial charge in [-0.1, -0.05) is 12.1 Å². The van der Waals surface area contributed by atoms with Gasteiger partial charge >= 0.3 is 0 Å². The maximum atomic E-state index is 12.3. The fourth-order valence-corrected chi connectivity index (χ4v) is 2.25. The van der Waals surface area contributed by atoms with Crippen LogP contribution in [0.25, 0.3) is 0 Å². The summed E-state index contributed by atoms with van der Waals surface area (Å²) in [6.07, 6.45) is 2.56. The van der Waals surface area contributed by atoms with E-state index in [9.17, 15) is 4.79 Å². The molecule has 0 spiro atoms. The van der Waals surface area contributed by atoms with Crippen molar-refractivity contribution < 1.29 is 14.1 Å². The smallest absolute Gasteiger partial charge is 0.254 e. The van der Waals surface area contributed by atoms with Crippen LogP contribution in [0, 0.1) is 0 Å². The zero-order valence-corrected chi connectivity index (χ0v) is 11.2. The van der Waals surface area contributed by atoms with Gasteiger partial charge < -0.3 is 14.2 Å². The summed E-state index contributed by atoms with van der Waals surface area (Å²) < 4.78 is 10.7. The highest BCUT2D eigenvalue weighted by Gasteiger charge is 2.39. The fraction of sp³-hybridized carbons (Fsp3) is 0.692. The third-order valence-electron chi connectivity index (χ3n) is 3.38. The highest BCUT2D eigenvalue weighted by atomic mass is 16.5. The Morgan fingerprint density at radius 1 is 1.61 bits per heavy atom. The minimum absolute atomic E-state index is 0.00875. The van der Waals surface area contributed by atoms with Gasteiger partial charge in [0.1, 0.15) is 5.60 Å². The van der Waals surface area contributed by atoms with E-state index in [2.05, 4.69) is 5.16 Å². The molecule has 100 valence electrons. The summed E-state index contributed by atoms with van der Waals surface area (Å²) in [6.45, 7) is 4.98. The van der Waals surface area contributed by atoms with Gasteiger partial charge in [-0.3, -0.25) is 4.79 Å². The summed E-state index contributed by atoms with van der Waals surface area (Å²) in [6, 6.07) is 1.89. The SMILES string of the molecule is CCc1cc(CN(C)C(=O)C2(C)CCCO2)on1. The Balaban J connectivity index is 1.98. The van der Waals surface area contributed by atoms with E-state index in [-0.39, 0.29) is 5.91 Å². The number of likely N-dealkylation sites (N-methyl/N-ethyl adjacent to an activating group) is 1. The van der Waals surface area contributed by atoms with E-state index in [1.165, 1.54) is 0 Å². The lowest BCUT2D eigenvalue weighted by Gasteiger charge is -2.27. The molecule has 2 heterocycles. The molecule has 0 saturated carbocycles. The molecule has 5 heteroatoms. The molecule has 2 rings (SSSR count). The third kappa shape index (κ3) is 2.56. The van der Waals surface area contributed by atoms with Gasteiger partial charge in [0.25, 0.3) is 5.91 Å².